The molecule has 1 aromatic heterocycles. The molecule has 8 nitrogen and oxygen atoms in total. The number of methoxy groups -OCH3 is 1. The number of nitrogens with zero attached hydrogens (tertiary/aromatic N) is 1. The number of hydrazine groups is 1. The minimum absolute atomic E-state index is 0.223. The van der Waals surface area contributed by atoms with E-state index < -0.39 is 5.76 Å². The number of amides is 1. The maximum absolute atomic E-state index is 12.0. The number of ether oxygens (including phenoxy) is 1. The van der Waals surface area contributed by atoms with Gasteiger partial charge >= 0.3 is 5.76 Å². The van der Waals surface area contributed by atoms with E-state index in [0.29, 0.717) is 30.2 Å². The van der Waals surface area contributed by atoms with E-state index in [1.165, 1.54) is 4.57 Å². The molecule has 0 saturated heterocycles. The van der Waals surface area contributed by atoms with E-state index in [-0.39, 0.29) is 12.3 Å². The van der Waals surface area contributed by atoms with Crippen LogP contribution in [0, 0.1) is 0 Å². The summed E-state index contributed by atoms with van der Waals surface area (Å²) in [6, 6.07) is 14.8. The van der Waals surface area contributed by atoms with Gasteiger partial charge < -0.3 is 14.5 Å². The fraction of sp³-hybridized carbons (Fsp3) is 0.250. The van der Waals surface area contributed by atoms with Crippen molar-refractivity contribution in [1.82, 2.24) is 20.7 Å². The van der Waals surface area contributed by atoms with E-state index in [1.807, 2.05) is 36.4 Å². The number of carbonyl (C=O) groups excluding carboxylic acids is 1. The third-order valence-corrected chi connectivity index (χ3v) is 4.53. The third-order valence-electron chi connectivity index (χ3n) is 4.29. The fourth-order valence-corrected chi connectivity index (χ4v) is 2.91. The van der Waals surface area contributed by atoms with Crippen LogP contribution in [0.2, 0.25) is 0 Å². The summed E-state index contributed by atoms with van der Waals surface area (Å²) in [5.41, 5.74) is 7.50. The van der Waals surface area contributed by atoms with Crippen molar-refractivity contribution in [2.45, 2.75) is 25.9 Å². The Morgan fingerprint density at radius 2 is 1.90 bits per heavy atom. The van der Waals surface area contributed by atoms with Crippen LogP contribution >= 0.6 is 12.2 Å². The Labute approximate surface area is 172 Å². The van der Waals surface area contributed by atoms with Crippen molar-refractivity contribution >= 4 is 34.3 Å². The summed E-state index contributed by atoms with van der Waals surface area (Å²) < 4.78 is 11.8. The highest BCUT2D eigenvalue weighted by Gasteiger charge is 2.09. The molecular formula is C20H22N4O4S. The first-order valence-electron chi connectivity index (χ1n) is 9.11. The van der Waals surface area contributed by atoms with Crippen LogP contribution < -0.4 is 26.7 Å². The molecule has 3 aromatic rings. The van der Waals surface area contributed by atoms with Crippen molar-refractivity contribution in [3.8, 4) is 5.75 Å². The lowest BCUT2D eigenvalue weighted by atomic mass is 10.2. The predicted molar refractivity (Wildman–Crippen MR) is 113 cm³/mol. The lowest BCUT2D eigenvalue weighted by Crippen LogP contribution is -2.46. The van der Waals surface area contributed by atoms with Crippen LogP contribution in [-0.4, -0.2) is 22.7 Å². The van der Waals surface area contributed by atoms with Crippen molar-refractivity contribution < 1.29 is 13.9 Å². The molecule has 1 heterocycles. The molecule has 1 amide bonds. The van der Waals surface area contributed by atoms with Crippen LogP contribution in [0.25, 0.3) is 11.1 Å². The second-order valence-corrected chi connectivity index (χ2v) is 6.70. The number of hydrogen-bond donors (Lipinski definition) is 3. The standard InChI is InChI=1S/C20H22N4O4S/c1-27-15-10-8-14(9-11-15)13-21-19(29)23-22-18(25)7-4-12-24-16-5-2-3-6-17(16)28-20(24)26/h2-3,5-6,8-11H,4,7,12-13H2,1H3,(H,22,25)(H2,21,23,29). The Morgan fingerprint density at radius 1 is 1.14 bits per heavy atom. The molecule has 0 radical (unpaired) electrons. The molecule has 0 spiro atoms. The summed E-state index contributed by atoms with van der Waals surface area (Å²) in [5.74, 6) is 0.139. The maximum Gasteiger partial charge on any atom is 0.419 e. The first kappa shape index (κ1) is 20.4. The van der Waals surface area contributed by atoms with Crippen molar-refractivity contribution in [3.05, 3.63) is 64.6 Å². The average molecular weight is 414 g/mol. The molecule has 9 heteroatoms. The van der Waals surface area contributed by atoms with Crippen LogP contribution in [0.3, 0.4) is 0 Å². The molecule has 0 unspecified atom stereocenters. The van der Waals surface area contributed by atoms with E-state index in [4.69, 9.17) is 21.4 Å². The topological polar surface area (TPSA) is 97.5 Å². The number of rotatable bonds is 7. The van der Waals surface area contributed by atoms with Crippen LogP contribution in [-0.2, 0) is 17.9 Å². The van der Waals surface area contributed by atoms with E-state index in [2.05, 4.69) is 16.2 Å². The number of aryl methyl sites for hydroxylation is 1. The summed E-state index contributed by atoms with van der Waals surface area (Å²) in [4.78, 5) is 23.9. The van der Waals surface area contributed by atoms with Crippen molar-refractivity contribution in [3.63, 3.8) is 0 Å². The van der Waals surface area contributed by atoms with E-state index >= 15 is 0 Å². The Hall–Kier alpha value is -3.33. The highest BCUT2D eigenvalue weighted by atomic mass is 32.1. The van der Waals surface area contributed by atoms with Gasteiger partial charge in [-0.3, -0.25) is 20.2 Å². The molecule has 152 valence electrons. The molecule has 3 rings (SSSR count). The predicted octanol–water partition coefficient (Wildman–Crippen LogP) is 2.08. The van der Waals surface area contributed by atoms with Gasteiger partial charge in [-0.2, -0.15) is 0 Å². The summed E-state index contributed by atoms with van der Waals surface area (Å²) in [5, 5.41) is 3.32. The molecule has 2 aromatic carbocycles. The molecule has 0 aliphatic carbocycles. The number of fused-ring (bicyclic) bond motifs is 1. The van der Waals surface area contributed by atoms with Crippen LogP contribution in [0.5, 0.6) is 5.75 Å². The minimum Gasteiger partial charge on any atom is -0.497 e. The number of oxazole rings is 1. The molecule has 0 atom stereocenters. The monoisotopic (exact) mass is 414 g/mol. The molecule has 0 bridgehead atoms. The summed E-state index contributed by atoms with van der Waals surface area (Å²) in [6.07, 6.45) is 0.725. The van der Waals surface area contributed by atoms with Crippen molar-refractivity contribution in [1.29, 1.82) is 0 Å². The zero-order chi connectivity index (χ0) is 20.6. The Morgan fingerprint density at radius 3 is 2.66 bits per heavy atom. The van der Waals surface area contributed by atoms with Crippen LogP contribution in [0.1, 0.15) is 18.4 Å². The van der Waals surface area contributed by atoms with Gasteiger partial charge in [-0.05, 0) is 48.5 Å². The molecule has 3 N–H and O–H groups in total. The SMILES string of the molecule is COc1ccc(CNC(=S)NNC(=O)CCCn2c(=O)oc3ccccc32)cc1. The number of thiocarbonyl (C=S) groups is 1. The maximum atomic E-state index is 12.0. The molecule has 29 heavy (non-hydrogen) atoms. The Balaban J connectivity index is 1.37. The van der Waals surface area contributed by atoms with Gasteiger partial charge in [0.1, 0.15) is 5.75 Å². The molecule has 0 saturated carbocycles. The van der Waals surface area contributed by atoms with Crippen LogP contribution in [0.15, 0.2) is 57.7 Å². The summed E-state index contributed by atoms with van der Waals surface area (Å²) in [6.45, 7) is 0.908. The van der Waals surface area contributed by atoms with E-state index in [1.54, 1.807) is 19.2 Å². The number of nitrogens with one attached hydrogen (secondary N) is 3. The first-order chi connectivity index (χ1) is 14.1. The number of para-hydroxylation sites is 2. The molecule has 0 aliphatic rings. The lowest BCUT2D eigenvalue weighted by Gasteiger charge is -2.12. The van der Waals surface area contributed by atoms with E-state index in [0.717, 1.165) is 16.8 Å². The zero-order valence-corrected chi connectivity index (χ0v) is 16.8. The zero-order valence-electron chi connectivity index (χ0n) is 15.9. The smallest absolute Gasteiger partial charge is 0.419 e. The normalized spacial score (nSPS) is 10.5. The second kappa shape index (κ2) is 9.74. The van der Waals surface area contributed by atoms with Gasteiger partial charge in [-0.25, -0.2) is 4.79 Å². The molecule has 0 aliphatic heterocycles. The highest BCUT2D eigenvalue weighted by molar-refractivity contribution is 7.80. The van der Waals surface area contributed by atoms with Gasteiger partial charge in [-0.15, -0.1) is 0 Å². The van der Waals surface area contributed by atoms with Gasteiger partial charge in [-0.1, -0.05) is 24.3 Å². The van der Waals surface area contributed by atoms with Crippen molar-refractivity contribution in [2.24, 2.45) is 0 Å². The Bertz CT molecular complexity index is 1040. The third kappa shape index (κ3) is 5.58. The van der Waals surface area contributed by atoms with Crippen LogP contribution in [0.4, 0.5) is 0 Å². The van der Waals surface area contributed by atoms with Gasteiger partial charge in [0.2, 0.25) is 5.91 Å². The number of carbonyl (C=O) groups is 1. The van der Waals surface area contributed by atoms with Gasteiger partial charge in [0.15, 0.2) is 10.7 Å². The lowest BCUT2D eigenvalue weighted by molar-refractivity contribution is -0.121. The molecular weight excluding hydrogens is 392 g/mol. The number of aromatic nitrogens is 1. The second-order valence-electron chi connectivity index (χ2n) is 6.29. The van der Waals surface area contributed by atoms with E-state index in [9.17, 15) is 9.59 Å². The highest BCUT2D eigenvalue weighted by Crippen LogP contribution is 2.12. The number of hydrogen-bond acceptors (Lipinski definition) is 5. The summed E-state index contributed by atoms with van der Waals surface area (Å²) in [7, 11) is 1.62. The average Bonchev–Trinajstić information content (AvgIpc) is 3.06. The fourth-order valence-electron chi connectivity index (χ4n) is 2.78. The molecule has 0 fully saturated rings. The first-order valence-corrected chi connectivity index (χ1v) is 9.51. The largest absolute Gasteiger partial charge is 0.497 e. The van der Waals surface area contributed by atoms with Gasteiger partial charge in [0.25, 0.3) is 0 Å². The van der Waals surface area contributed by atoms with Gasteiger partial charge in [0, 0.05) is 19.5 Å². The quantitative estimate of drug-likeness (QED) is 0.402. The van der Waals surface area contributed by atoms with Gasteiger partial charge in [0.05, 0.1) is 12.6 Å². The summed E-state index contributed by atoms with van der Waals surface area (Å²) >= 11 is 5.15. The number of benzene rings is 2. The van der Waals surface area contributed by atoms with Crippen molar-refractivity contribution in [2.75, 3.05) is 7.11 Å². The minimum atomic E-state index is -0.423. The Kier molecular flexibility index (Phi) is 6.85.